The van der Waals surface area contributed by atoms with E-state index in [1.54, 1.807) is 75.4 Å². The number of Topliss-reactive ketones (excluding diaryl/α,β-unsaturated/α-hetero) is 3. The van der Waals surface area contributed by atoms with Crippen molar-refractivity contribution in [2.24, 2.45) is 10.8 Å². The quantitative estimate of drug-likeness (QED) is 0.305. The summed E-state index contributed by atoms with van der Waals surface area (Å²) in [5.74, 6) is -2.14. The first-order valence-electron chi connectivity index (χ1n) is 12.9. The van der Waals surface area contributed by atoms with Gasteiger partial charge in [0.2, 0.25) is 0 Å². The van der Waals surface area contributed by atoms with E-state index in [1.807, 2.05) is 4.90 Å². The Morgan fingerprint density at radius 1 is 0.900 bits per heavy atom. The molecule has 1 saturated heterocycles. The van der Waals surface area contributed by atoms with Gasteiger partial charge in [-0.15, -0.1) is 0 Å². The van der Waals surface area contributed by atoms with Gasteiger partial charge in [0.1, 0.15) is 5.41 Å². The Labute approximate surface area is 234 Å². The summed E-state index contributed by atoms with van der Waals surface area (Å²) in [7, 11) is 0. The van der Waals surface area contributed by atoms with E-state index >= 15 is 0 Å². The summed E-state index contributed by atoms with van der Waals surface area (Å²) in [6, 6.07) is 14.3. The third-order valence-electron chi connectivity index (χ3n) is 8.37. The molecule has 8 heteroatoms. The van der Waals surface area contributed by atoms with E-state index < -0.39 is 52.1 Å². The van der Waals surface area contributed by atoms with Crippen molar-refractivity contribution in [2.45, 2.75) is 44.9 Å². The molecule has 2 aliphatic heterocycles. The third-order valence-corrected chi connectivity index (χ3v) is 8.61. The SMILES string of the molecule is CC(C)(C)C(=O)[C@H]1[C@@H](c2ccc(C(F)(F)F)cc2)C2(C(=O)c3ccccc3C2=O)[C@H]2C=Cc3cc(Cl)ccc3N12. The normalized spacial score (nSPS) is 22.9. The first kappa shape index (κ1) is 26.5. The predicted octanol–water partition coefficient (Wildman–Crippen LogP) is 7.41. The lowest BCUT2D eigenvalue weighted by molar-refractivity contribution is -0.137. The minimum Gasteiger partial charge on any atom is -0.352 e. The van der Waals surface area contributed by atoms with Gasteiger partial charge in [-0.25, -0.2) is 0 Å². The van der Waals surface area contributed by atoms with E-state index in [-0.39, 0.29) is 16.9 Å². The van der Waals surface area contributed by atoms with Gasteiger partial charge in [-0.05, 0) is 41.5 Å². The molecular weight excluding hydrogens is 539 g/mol. The maximum absolute atomic E-state index is 14.5. The second-order valence-electron chi connectivity index (χ2n) is 11.6. The van der Waals surface area contributed by atoms with Crippen LogP contribution in [-0.2, 0) is 11.0 Å². The van der Waals surface area contributed by atoms with Gasteiger partial charge in [0, 0.05) is 33.2 Å². The highest BCUT2D eigenvalue weighted by atomic mass is 35.5. The van der Waals surface area contributed by atoms with Crippen LogP contribution in [0, 0.1) is 10.8 Å². The Bertz CT molecular complexity index is 1580. The number of rotatable bonds is 2. The molecule has 0 radical (unpaired) electrons. The van der Waals surface area contributed by atoms with Gasteiger partial charge in [-0.2, -0.15) is 13.2 Å². The topological polar surface area (TPSA) is 54.5 Å². The van der Waals surface area contributed by atoms with E-state index in [4.69, 9.17) is 11.6 Å². The highest BCUT2D eigenvalue weighted by Crippen LogP contribution is 2.61. The van der Waals surface area contributed by atoms with E-state index in [0.29, 0.717) is 21.8 Å². The fourth-order valence-corrected chi connectivity index (χ4v) is 6.82. The molecule has 0 aromatic heterocycles. The number of alkyl halides is 3. The van der Waals surface area contributed by atoms with Crippen molar-refractivity contribution in [1.82, 2.24) is 0 Å². The van der Waals surface area contributed by atoms with Crippen LogP contribution < -0.4 is 4.90 Å². The second kappa shape index (κ2) is 8.64. The molecule has 3 aliphatic rings. The van der Waals surface area contributed by atoms with Gasteiger partial charge in [0.15, 0.2) is 17.3 Å². The summed E-state index contributed by atoms with van der Waals surface area (Å²) in [5, 5.41) is 0.481. The molecule has 3 aromatic rings. The van der Waals surface area contributed by atoms with Crippen LogP contribution in [0.1, 0.15) is 64.1 Å². The van der Waals surface area contributed by atoms with Crippen molar-refractivity contribution in [2.75, 3.05) is 4.90 Å². The molecule has 0 unspecified atom stereocenters. The molecule has 0 N–H and O–H groups in total. The second-order valence-corrected chi connectivity index (χ2v) is 12.1. The van der Waals surface area contributed by atoms with Crippen molar-refractivity contribution >= 4 is 40.7 Å². The average molecular weight is 564 g/mol. The van der Waals surface area contributed by atoms with Gasteiger partial charge in [-0.1, -0.05) is 80.9 Å². The summed E-state index contributed by atoms with van der Waals surface area (Å²) in [6.07, 6.45) is -1.02. The van der Waals surface area contributed by atoms with Gasteiger partial charge in [0.25, 0.3) is 0 Å². The van der Waals surface area contributed by atoms with Crippen LogP contribution >= 0.6 is 11.6 Å². The number of carbonyl (C=O) groups is 3. The smallest absolute Gasteiger partial charge is 0.352 e. The molecule has 3 aromatic carbocycles. The maximum atomic E-state index is 14.5. The largest absolute Gasteiger partial charge is 0.416 e. The fourth-order valence-electron chi connectivity index (χ4n) is 6.64. The lowest BCUT2D eigenvalue weighted by Gasteiger charge is -2.38. The molecule has 0 saturated carbocycles. The average Bonchev–Trinajstić information content (AvgIpc) is 3.33. The molecule has 4 nitrogen and oxygen atoms in total. The third kappa shape index (κ3) is 3.56. The number of halogens is 4. The van der Waals surface area contributed by atoms with E-state index in [2.05, 4.69) is 0 Å². The lowest BCUT2D eigenvalue weighted by atomic mass is 9.63. The molecule has 40 heavy (non-hydrogen) atoms. The van der Waals surface area contributed by atoms with Crippen LogP contribution in [-0.4, -0.2) is 29.4 Å². The Hall–Kier alpha value is -3.71. The molecular formula is C32H25ClF3NO3. The molecule has 3 atom stereocenters. The minimum atomic E-state index is -4.57. The van der Waals surface area contributed by atoms with Crippen LogP contribution in [0.15, 0.2) is 72.8 Å². The van der Waals surface area contributed by atoms with Gasteiger partial charge < -0.3 is 4.90 Å². The molecule has 0 amide bonds. The molecule has 204 valence electrons. The summed E-state index contributed by atoms with van der Waals surface area (Å²) in [4.78, 5) is 45.1. The molecule has 0 bridgehead atoms. The molecule has 1 aliphatic carbocycles. The van der Waals surface area contributed by atoms with Crippen LogP contribution in [0.25, 0.3) is 6.08 Å². The van der Waals surface area contributed by atoms with E-state index in [0.717, 1.165) is 12.1 Å². The Morgan fingerprint density at radius 2 is 1.50 bits per heavy atom. The Balaban J connectivity index is 1.67. The predicted molar refractivity (Wildman–Crippen MR) is 147 cm³/mol. The monoisotopic (exact) mass is 563 g/mol. The standard InChI is InChI=1S/C32H25ClF3NO3/c1-30(2,3)29(40)26-25(17-8-11-19(12-9-17)32(34,35)36)31(27(38)21-6-4-5-7-22(21)28(31)39)24-15-10-18-16-20(33)13-14-23(18)37(24)26/h4-16,24-26H,1-3H3/t24-,25-,26-/m1/s1. The molecule has 1 spiro atoms. The van der Waals surface area contributed by atoms with E-state index in [9.17, 15) is 27.6 Å². The zero-order valence-electron chi connectivity index (χ0n) is 21.9. The molecule has 2 heterocycles. The number of hydrogen-bond donors (Lipinski definition) is 0. The lowest BCUT2D eigenvalue weighted by Crippen LogP contribution is -2.49. The zero-order chi connectivity index (χ0) is 28.8. The molecule has 1 fully saturated rings. The zero-order valence-corrected chi connectivity index (χ0v) is 22.7. The van der Waals surface area contributed by atoms with Gasteiger partial charge in [-0.3, -0.25) is 14.4 Å². The number of benzene rings is 3. The maximum Gasteiger partial charge on any atom is 0.416 e. The number of fused-ring (bicyclic) bond motifs is 5. The summed E-state index contributed by atoms with van der Waals surface area (Å²) >= 11 is 6.28. The Morgan fingerprint density at radius 3 is 2.05 bits per heavy atom. The number of carbonyl (C=O) groups excluding carboxylic acids is 3. The van der Waals surface area contributed by atoms with Crippen molar-refractivity contribution in [1.29, 1.82) is 0 Å². The van der Waals surface area contributed by atoms with Crippen molar-refractivity contribution < 1.29 is 27.6 Å². The van der Waals surface area contributed by atoms with Crippen LogP contribution in [0.2, 0.25) is 5.02 Å². The minimum absolute atomic E-state index is 0.230. The highest BCUT2D eigenvalue weighted by molar-refractivity contribution is 6.32. The number of nitrogens with zero attached hydrogens (tertiary/aromatic N) is 1. The fraction of sp³-hybridized carbons (Fsp3) is 0.281. The summed E-state index contributed by atoms with van der Waals surface area (Å²) in [5.41, 5.74) is -1.33. The van der Waals surface area contributed by atoms with Crippen molar-refractivity contribution in [3.05, 3.63) is 106 Å². The number of hydrogen-bond acceptors (Lipinski definition) is 4. The van der Waals surface area contributed by atoms with Crippen molar-refractivity contribution in [3.63, 3.8) is 0 Å². The summed E-state index contributed by atoms with van der Waals surface area (Å²) < 4.78 is 40.5. The van der Waals surface area contributed by atoms with E-state index in [1.165, 1.54) is 12.1 Å². The van der Waals surface area contributed by atoms with Gasteiger partial charge in [0.05, 0.1) is 17.6 Å². The van der Waals surface area contributed by atoms with Crippen LogP contribution in [0.4, 0.5) is 18.9 Å². The van der Waals surface area contributed by atoms with Crippen LogP contribution in [0.3, 0.4) is 0 Å². The molecule has 6 rings (SSSR count). The Kier molecular flexibility index (Phi) is 5.73. The van der Waals surface area contributed by atoms with Gasteiger partial charge >= 0.3 is 6.18 Å². The number of ketones is 3. The first-order chi connectivity index (χ1) is 18.8. The highest BCUT2D eigenvalue weighted by Gasteiger charge is 2.71. The summed E-state index contributed by atoms with van der Waals surface area (Å²) in [6.45, 7) is 5.28. The van der Waals surface area contributed by atoms with Crippen LogP contribution in [0.5, 0.6) is 0 Å². The number of anilines is 1. The van der Waals surface area contributed by atoms with Crippen molar-refractivity contribution in [3.8, 4) is 0 Å². The first-order valence-corrected chi connectivity index (χ1v) is 13.3.